The molecule has 0 aliphatic heterocycles. The topological polar surface area (TPSA) is 50.7 Å². The summed E-state index contributed by atoms with van der Waals surface area (Å²) in [5.74, 6) is 0.720. The van der Waals surface area contributed by atoms with Gasteiger partial charge in [0.15, 0.2) is 11.5 Å². The SMILES string of the molecule is CCOCC(C)NCc1ccc(O)c(OCC)c1. The molecule has 0 radical (unpaired) electrons. The van der Waals surface area contributed by atoms with Crippen LogP contribution in [0.4, 0.5) is 0 Å². The Bertz CT molecular complexity index is 355. The molecule has 1 rings (SSSR count). The first-order valence-corrected chi connectivity index (χ1v) is 6.43. The third-order valence-corrected chi connectivity index (χ3v) is 2.55. The standard InChI is InChI=1S/C14H23NO3/c1-4-17-10-11(3)15-9-12-6-7-13(16)14(8-12)18-5-2/h6-8,11,15-16H,4-5,9-10H2,1-3H3. The van der Waals surface area contributed by atoms with Gasteiger partial charge in [-0.25, -0.2) is 0 Å². The Morgan fingerprint density at radius 3 is 2.72 bits per heavy atom. The van der Waals surface area contributed by atoms with E-state index in [1.807, 2.05) is 26.0 Å². The van der Waals surface area contributed by atoms with E-state index in [-0.39, 0.29) is 5.75 Å². The molecule has 1 aromatic rings. The number of ether oxygens (including phenoxy) is 2. The summed E-state index contributed by atoms with van der Waals surface area (Å²) in [7, 11) is 0. The zero-order chi connectivity index (χ0) is 13.4. The molecule has 2 N–H and O–H groups in total. The number of phenolic OH excluding ortho intramolecular Hbond substituents is 1. The molecule has 102 valence electrons. The molecule has 0 fully saturated rings. The fraction of sp³-hybridized carbons (Fsp3) is 0.571. The number of nitrogens with one attached hydrogen (secondary N) is 1. The van der Waals surface area contributed by atoms with Crippen molar-refractivity contribution in [3.8, 4) is 11.5 Å². The van der Waals surface area contributed by atoms with Gasteiger partial charge in [-0.3, -0.25) is 0 Å². The molecule has 0 amide bonds. The normalized spacial score (nSPS) is 12.4. The summed E-state index contributed by atoms with van der Waals surface area (Å²) < 4.78 is 10.7. The van der Waals surface area contributed by atoms with Crippen molar-refractivity contribution in [2.24, 2.45) is 0 Å². The van der Waals surface area contributed by atoms with Crippen molar-refractivity contribution in [1.82, 2.24) is 5.32 Å². The Kier molecular flexibility index (Phi) is 6.54. The summed E-state index contributed by atoms with van der Waals surface area (Å²) >= 11 is 0. The van der Waals surface area contributed by atoms with Crippen LogP contribution in [-0.2, 0) is 11.3 Å². The van der Waals surface area contributed by atoms with Gasteiger partial charge in [0.25, 0.3) is 0 Å². The summed E-state index contributed by atoms with van der Waals surface area (Å²) in [6, 6.07) is 5.71. The Morgan fingerprint density at radius 1 is 1.28 bits per heavy atom. The molecule has 1 atom stereocenters. The van der Waals surface area contributed by atoms with E-state index in [1.165, 1.54) is 0 Å². The van der Waals surface area contributed by atoms with E-state index in [1.54, 1.807) is 6.07 Å². The number of benzene rings is 1. The summed E-state index contributed by atoms with van der Waals surface area (Å²) in [6.45, 7) is 8.68. The lowest BCUT2D eigenvalue weighted by Gasteiger charge is -2.14. The van der Waals surface area contributed by atoms with Crippen LogP contribution in [0.15, 0.2) is 18.2 Å². The van der Waals surface area contributed by atoms with Gasteiger partial charge < -0.3 is 19.9 Å². The van der Waals surface area contributed by atoms with E-state index >= 15 is 0 Å². The lowest BCUT2D eigenvalue weighted by Crippen LogP contribution is -2.30. The molecule has 4 heteroatoms. The quantitative estimate of drug-likeness (QED) is 0.746. The van der Waals surface area contributed by atoms with Crippen molar-refractivity contribution in [1.29, 1.82) is 0 Å². The van der Waals surface area contributed by atoms with E-state index in [0.717, 1.165) is 18.7 Å². The third-order valence-electron chi connectivity index (χ3n) is 2.55. The van der Waals surface area contributed by atoms with Gasteiger partial charge in [-0.1, -0.05) is 6.07 Å². The van der Waals surface area contributed by atoms with E-state index in [2.05, 4.69) is 12.2 Å². The Hall–Kier alpha value is -1.26. The average molecular weight is 253 g/mol. The van der Waals surface area contributed by atoms with Gasteiger partial charge >= 0.3 is 0 Å². The lowest BCUT2D eigenvalue weighted by molar-refractivity contribution is 0.127. The van der Waals surface area contributed by atoms with Gasteiger partial charge in [0.05, 0.1) is 13.2 Å². The highest BCUT2D eigenvalue weighted by molar-refractivity contribution is 5.41. The minimum Gasteiger partial charge on any atom is -0.504 e. The molecule has 1 unspecified atom stereocenters. The van der Waals surface area contributed by atoms with Crippen molar-refractivity contribution >= 4 is 0 Å². The minimum atomic E-state index is 0.183. The number of aromatic hydroxyl groups is 1. The van der Waals surface area contributed by atoms with Crippen molar-refractivity contribution in [2.45, 2.75) is 33.4 Å². The molecule has 0 aromatic heterocycles. The largest absolute Gasteiger partial charge is 0.504 e. The number of rotatable bonds is 8. The third kappa shape index (κ3) is 4.94. The first kappa shape index (κ1) is 14.8. The molecular formula is C14H23NO3. The maximum Gasteiger partial charge on any atom is 0.161 e. The van der Waals surface area contributed by atoms with Gasteiger partial charge in [0.1, 0.15) is 0 Å². The van der Waals surface area contributed by atoms with Crippen LogP contribution in [0.5, 0.6) is 11.5 Å². The highest BCUT2D eigenvalue weighted by Crippen LogP contribution is 2.26. The molecule has 0 heterocycles. The molecule has 4 nitrogen and oxygen atoms in total. The molecule has 18 heavy (non-hydrogen) atoms. The molecule has 0 saturated carbocycles. The highest BCUT2D eigenvalue weighted by Gasteiger charge is 2.05. The number of hydrogen-bond acceptors (Lipinski definition) is 4. The maximum absolute atomic E-state index is 9.59. The zero-order valence-corrected chi connectivity index (χ0v) is 11.4. The smallest absolute Gasteiger partial charge is 0.161 e. The fourth-order valence-electron chi connectivity index (χ4n) is 1.59. The summed E-state index contributed by atoms with van der Waals surface area (Å²) in [4.78, 5) is 0. The monoisotopic (exact) mass is 253 g/mol. The van der Waals surface area contributed by atoms with E-state index in [0.29, 0.717) is 25.0 Å². The van der Waals surface area contributed by atoms with Crippen molar-refractivity contribution in [2.75, 3.05) is 19.8 Å². The predicted molar refractivity (Wildman–Crippen MR) is 72.1 cm³/mol. The Morgan fingerprint density at radius 2 is 2.06 bits per heavy atom. The molecule has 0 aliphatic carbocycles. The van der Waals surface area contributed by atoms with E-state index < -0.39 is 0 Å². The van der Waals surface area contributed by atoms with Crippen LogP contribution in [-0.4, -0.2) is 31.0 Å². The highest BCUT2D eigenvalue weighted by atomic mass is 16.5. The minimum absolute atomic E-state index is 0.183. The van der Waals surface area contributed by atoms with Crippen LogP contribution >= 0.6 is 0 Å². The molecule has 0 bridgehead atoms. The average Bonchev–Trinajstić information content (AvgIpc) is 2.37. The molecule has 1 aromatic carbocycles. The van der Waals surface area contributed by atoms with Gasteiger partial charge in [-0.2, -0.15) is 0 Å². The first-order valence-electron chi connectivity index (χ1n) is 6.43. The number of phenols is 1. The van der Waals surface area contributed by atoms with Gasteiger partial charge in [-0.15, -0.1) is 0 Å². The van der Waals surface area contributed by atoms with Crippen molar-refractivity contribution in [3.63, 3.8) is 0 Å². The van der Waals surface area contributed by atoms with E-state index in [9.17, 15) is 5.11 Å². The molecule has 0 spiro atoms. The second kappa shape index (κ2) is 7.95. The lowest BCUT2D eigenvalue weighted by atomic mass is 10.2. The van der Waals surface area contributed by atoms with Gasteiger partial charge in [-0.05, 0) is 38.5 Å². The predicted octanol–water partition coefficient (Wildman–Crippen LogP) is 2.31. The van der Waals surface area contributed by atoms with Crippen LogP contribution in [0.1, 0.15) is 26.3 Å². The van der Waals surface area contributed by atoms with Crippen molar-refractivity contribution < 1.29 is 14.6 Å². The summed E-state index contributed by atoms with van der Waals surface area (Å²) in [6.07, 6.45) is 0. The first-order chi connectivity index (χ1) is 8.67. The van der Waals surface area contributed by atoms with E-state index in [4.69, 9.17) is 9.47 Å². The summed E-state index contributed by atoms with van der Waals surface area (Å²) in [5, 5.41) is 13.0. The van der Waals surface area contributed by atoms with Crippen LogP contribution in [0, 0.1) is 0 Å². The maximum atomic E-state index is 9.59. The fourth-order valence-corrected chi connectivity index (χ4v) is 1.59. The molecular weight excluding hydrogens is 230 g/mol. The van der Waals surface area contributed by atoms with Gasteiger partial charge in [0.2, 0.25) is 0 Å². The molecule has 0 saturated heterocycles. The van der Waals surface area contributed by atoms with Crippen LogP contribution in [0.3, 0.4) is 0 Å². The zero-order valence-electron chi connectivity index (χ0n) is 11.4. The molecule has 0 aliphatic rings. The van der Waals surface area contributed by atoms with Crippen LogP contribution in [0.2, 0.25) is 0 Å². The Labute approximate surface area is 109 Å². The second-order valence-electron chi connectivity index (χ2n) is 4.18. The van der Waals surface area contributed by atoms with Crippen LogP contribution < -0.4 is 10.1 Å². The van der Waals surface area contributed by atoms with Crippen molar-refractivity contribution in [3.05, 3.63) is 23.8 Å². The van der Waals surface area contributed by atoms with Crippen LogP contribution in [0.25, 0.3) is 0 Å². The van der Waals surface area contributed by atoms with Gasteiger partial charge in [0, 0.05) is 19.2 Å². The second-order valence-corrected chi connectivity index (χ2v) is 4.18. The summed E-state index contributed by atoms with van der Waals surface area (Å²) in [5.41, 5.74) is 1.08. The Balaban J connectivity index is 2.49. The number of hydrogen-bond donors (Lipinski definition) is 2.